The van der Waals surface area contributed by atoms with Crippen molar-refractivity contribution >= 4 is 22.9 Å². The van der Waals surface area contributed by atoms with Gasteiger partial charge in [0.2, 0.25) is 0 Å². The molecule has 1 heterocycles. The van der Waals surface area contributed by atoms with E-state index in [1.165, 1.54) is 11.3 Å². The quantitative estimate of drug-likeness (QED) is 0.930. The Balaban J connectivity index is 2.61. The van der Waals surface area contributed by atoms with Gasteiger partial charge in [-0.25, -0.2) is 4.98 Å². The lowest BCUT2D eigenvalue weighted by atomic mass is 10.1. The number of aryl methyl sites for hydroxylation is 1. The van der Waals surface area contributed by atoms with Gasteiger partial charge in [-0.2, -0.15) is 0 Å². The Morgan fingerprint density at radius 3 is 2.88 bits per heavy atom. The van der Waals surface area contributed by atoms with Crippen molar-refractivity contribution in [1.82, 2.24) is 4.98 Å². The molecule has 0 unspecified atom stereocenters. The molecule has 0 amide bonds. The van der Waals surface area contributed by atoms with Crippen molar-refractivity contribution in [1.29, 1.82) is 0 Å². The summed E-state index contributed by atoms with van der Waals surface area (Å²) in [4.78, 5) is 4.99. The summed E-state index contributed by atoms with van der Waals surface area (Å²) < 4.78 is 5.73. The van der Waals surface area contributed by atoms with E-state index in [2.05, 4.69) is 4.98 Å². The van der Waals surface area contributed by atoms with Crippen LogP contribution in [0.3, 0.4) is 0 Å². The molecule has 0 fully saturated rings. The zero-order chi connectivity index (χ0) is 12.4. The molecule has 2 rings (SSSR count). The van der Waals surface area contributed by atoms with Gasteiger partial charge in [0.15, 0.2) is 4.47 Å². The summed E-state index contributed by atoms with van der Waals surface area (Å²) in [6.45, 7) is 1.92. The molecule has 17 heavy (non-hydrogen) atoms. The van der Waals surface area contributed by atoms with Crippen LogP contribution in [0.5, 0.6) is 5.75 Å². The van der Waals surface area contributed by atoms with Crippen LogP contribution in [0.2, 0.25) is 4.47 Å². The van der Waals surface area contributed by atoms with Gasteiger partial charge < -0.3 is 9.84 Å². The van der Waals surface area contributed by atoms with Gasteiger partial charge in [-0.05, 0) is 19.1 Å². The highest BCUT2D eigenvalue weighted by atomic mass is 35.5. The first-order chi connectivity index (χ1) is 8.15. The Morgan fingerprint density at radius 1 is 1.47 bits per heavy atom. The van der Waals surface area contributed by atoms with E-state index in [1.807, 2.05) is 25.1 Å². The van der Waals surface area contributed by atoms with Gasteiger partial charge in [0.05, 0.1) is 24.3 Å². The number of aliphatic hydroxyl groups is 1. The molecular weight excluding hydrogens is 258 g/mol. The van der Waals surface area contributed by atoms with Crippen molar-refractivity contribution in [3.8, 4) is 17.0 Å². The predicted octanol–water partition coefficient (Wildman–Crippen LogP) is 3.27. The molecule has 0 bridgehead atoms. The minimum atomic E-state index is -0.0726. The van der Waals surface area contributed by atoms with E-state index in [-0.39, 0.29) is 6.61 Å². The number of thiazole rings is 1. The molecule has 0 spiro atoms. The van der Waals surface area contributed by atoms with Crippen LogP contribution in [0.25, 0.3) is 11.3 Å². The van der Waals surface area contributed by atoms with Crippen LogP contribution in [-0.2, 0) is 6.61 Å². The molecule has 0 aliphatic rings. The van der Waals surface area contributed by atoms with Gasteiger partial charge in [-0.1, -0.05) is 23.2 Å². The molecule has 1 aromatic carbocycles. The molecule has 0 saturated heterocycles. The summed E-state index contributed by atoms with van der Waals surface area (Å²) in [6.07, 6.45) is 0. The second-order valence-corrected chi connectivity index (χ2v) is 5.27. The number of benzene rings is 1. The Labute approximate surface area is 109 Å². The molecule has 90 valence electrons. The topological polar surface area (TPSA) is 42.4 Å². The van der Waals surface area contributed by atoms with Crippen molar-refractivity contribution < 1.29 is 9.84 Å². The predicted molar refractivity (Wildman–Crippen MR) is 69.8 cm³/mol. The number of aliphatic hydroxyl groups excluding tert-OH is 1. The Kier molecular flexibility index (Phi) is 3.66. The maximum atomic E-state index is 9.30. The van der Waals surface area contributed by atoms with Gasteiger partial charge in [0.1, 0.15) is 5.75 Å². The van der Waals surface area contributed by atoms with Gasteiger partial charge in [0.25, 0.3) is 0 Å². The third kappa shape index (κ3) is 2.44. The average Bonchev–Trinajstić information content (AvgIpc) is 2.70. The summed E-state index contributed by atoms with van der Waals surface area (Å²) in [7, 11) is 1.61. The molecule has 0 atom stereocenters. The summed E-state index contributed by atoms with van der Waals surface area (Å²) in [6, 6.07) is 5.83. The number of nitrogens with zero attached hydrogens (tertiary/aromatic N) is 1. The Morgan fingerprint density at radius 2 is 2.24 bits per heavy atom. The maximum absolute atomic E-state index is 9.30. The first-order valence-electron chi connectivity index (χ1n) is 5.06. The Hall–Kier alpha value is -1.10. The van der Waals surface area contributed by atoms with E-state index in [1.54, 1.807) is 7.11 Å². The summed E-state index contributed by atoms with van der Waals surface area (Å²) in [5, 5.41) is 9.30. The van der Waals surface area contributed by atoms with Crippen molar-refractivity contribution in [3.05, 3.63) is 33.1 Å². The number of methoxy groups -OCH3 is 1. The summed E-state index contributed by atoms with van der Waals surface area (Å²) in [5.41, 5.74) is 2.66. The molecular formula is C12H12ClNO2S. The number of rotatable bonds is 3. The fourth-order valence-corrected chi connectivity index (χ4v) is 2.67. The number of aromatic nitrogens is 1. The smallest absolute Gasteiger partial charge is 0.184 e. The van der Waals surface area contributed by atoms with Gasteiger partial charge >= 0.3 is 0 Å². The summed E-state index contributed by atoms with van der Waals surface area (Å²) in [5.74, 6) is 0.729. The highest BCUT2D eigenvalue weighted by molar-refractivity contribution is 7.16. The van der Waals surface area contributed by atoms with Crippen LogP contribution < -0.4 is 4.74 Å². The highest BCUT2D eigenvalue weighted by Crippen LogP contribution is 2.36. The number of ether oxygens (including phenoxy) is 1. The molecule has 1 aromatic heterocycles. The monoisotopic (exact) mass is 269 g/mol. The number of hydrogen-bond acceptors (Lipinski definition) is 4. The normalized spacial score (nSPS) is 10.6. The molecule has 3 nitrogen and oxygen atoms in total. The van der Waals surface area contributed by atoms with Gasteiger partial charge in [-0.15, -0.1) is 11.3 Å². The van der Waals surface area contributed by atoms with Crippen molar-refractivity contribution in [2.24, 2.45) is 0 Å². The van der Waals surface area contributed by atoms with Crippen LogP contribution in [-0.4, -0.2) is 17.2 Å². The first-order valence-corrected chi connectivity index (χ1v) is 6.26. The molecule has 0 aliphatic carbocycles. The summed E-state index contributed by atoms with van der Waals surface area (Å²) >= 11 is 7.17. The van der Waals surface area contributed by atoms with Crippen LogP contribution >= 0.6 is 22.9 Å². The van der Waals surface area contributed by atoms with Crippen LogP contribution in [0.15, 0.2) is 18.2 Å². The van der Waals surface area contributed by atoms with Crippen molar-refractivity contribution in [3.63, 3.8) is 0 Å². The van der Waals surface area contributed by atoms with E-state index < -0.39 is 0 Å². The largest absolute Gasteiger partial charge is 0.496 e. The van der Waals surface area contributed by atoms with Crippen LogP contribution in [0.1, 0.15) is 10.4 Å². The molecule has 0 aliphatic heterocycles. The van der Waals surface area contributed by atoms with Gasteiger partial charge in [-0.3, -0.25) is 0 Å². The standard InChI is InChI=1S/C12H12ClNO2S/c1-7-3-4-9(16-2)8(5-7)11-10(6-15)17-12(13)14-11/h3-5,15H,6H2,1-2H3. The zero-order valence-electron chi connectivity index (χ0n) is 9.53. The SMILES string of the molecule is COc1ccc(C)cc1-c1nc(Cl)sc1CO. The van der Waals surface area contributed by atoms with E-state index in [0.29, 0.717) is 10.2 Å². The third-order valence-corrected chi connectivity index (χ3v) is 3.57. The molecule has 0 saturated carbocycles. The molecule has 2 aromatic rings. The van der Waals surface area contributed by atoms with Crippen LogP contribution in [0.4, 0.5) is 0 Å². The fraction of sp³-hybridized carbons (Fsp3) is 0.250. The van der Waals surface area contributed by atoms with E-state index >= 15 is 0 Å². The third-order valence-electron chi connectivity index (χ3n) is 2.42. The van der Waals surface area contributed by atoms with Crippen molar-refractivity contribution in [2.45, 2.75) is 13.5 Å². The highest BCUT2D eigenvalue weighted by Gasteiger charge is 2.15. The lowest BCUT2D eigenvalue weighted by molar-refractivity contribution is 0.286. The molecule has 1 N–H and O–H groups in total. The lowest BCUT2D eigenvalue weighted by Crippen LogP contribution is -1.91. The maximum Gasteiger partial charge on any atom is 0.184 e. The van der Waals surface area contributed by atoms with Crippen LogP contribution in [0, 0.1) is 6.92 Å². The molecule has 0 radical (unpaired) electrons. The zero-order valence-corrected chi connectivity index (χ0v) is 11.1. The molecule has 5 heteroatoms. The number of halogens is 1. The Bertz CT molecular complexity index is 539. The number of hydrogen-bond donors (Lipinski definition) is 1. The fourth-order valence-electron chi connectivity index (χ4n) is 1.65. The second-order valence-electron chi connectivity index (χ2n) is 3.60. The van der Waals surface area contributed by atoms with E-state index in [0.717, 1.165) is 21.8 Å². The van der Waals surface area contributed by atoms with Gasteiger partial charge in [0, 0.05) is 5.56 Å². The van der Waals surface area contributed by atoms with Crippen molar-refractivity contribution in [2.75, 3.05) is 7.11 Å². The second kappa shape index (κ2) is 5.04. The first kappa shape index (κ1) is 12.4. The average molecular weight is 270 g/mol. The lowest BCUT2D eigenvalue weighted by Gasteiger charge is -2.08. The minimum Gasteiger partial charge on any atom is -0.496 e. The van der Waals surface area contributed by atoms with E-state index in [4.69, 9.17) is 16.3 Å². The van der Waals surface area contributed by atoms with E-state index in [9.17, 15) is 5.11 Å². The minimum absolute atomic E-state index is 0.0726.